The highest BCUT2D eigenvalue weighted by Gasteiger charge is 1.96. The van der Waals surface area contributed by atoms with Crippen molar-refractivity contribution in [3.8, 4) is 11.8 Å². The SMILES string of the molecule is CC#Cc1cccc(NC(=O)O)c1. The average Bonchev–Trinajstić information content (AvgIpc) is 2.04. The maximum Gasteiger partial charge on any atom is 0.409 e. The molecule has 0 aromatic heterocycles. The van der Waals surface area contributed by atoms with Crippen molar-refractivity contribution in [2.75, 3.05) is 5.32 Å². The lowest BCUT2D eigenvalue weighted by Crippen LogP contribution is -2.06. The van der Waals surface area contributed by atoms with E-state index in [-0.39, 0.29) is 0 Å². The monoisotopic (exact) mass is 175 g/mol. The van der Waals surface area contributed by atoms with Gasteiger partial charge in [0.15, 0.2) is 0 Å². The van der Waals surface area contributed by atoms with E-state index in [0.29, 0.717) is 5.69 Å². The lowest BCUT2D eigenvalue weighted by Gasteiger charge is -1.99. The third kappa shape index (κ3) is 2.88. The average molecular weight is 175 g/mol. The molecule has 0 unspecified atom stereocenters. The van der Waals surface area contributed by atoms with Crippen LogP contribution in [0, 0.1) is 11.8 Å². The van der Waals surface area contributed by atoms with Crippen molar-refractivity contribution in [1.29, 1.82) is 0 Å². The molecule has 1 rings (SSSR count). The Balaban J connectivity index is 2.89. The van der Waals surface area contributed by atoms with E-state index in [0.717, 1.165) is 5.56 Å². The summed E-state index contributed by atoms with van der Waals surface area (Å²) >= 11 is 0. The molecule has 1 aromatic carbocycles. The van der Waals surface area contributed by atoms with E-state index in [1.54, 1.807) is 25.1 Å². The fourth-order valence-electron chi connectivity index (χ4n) is 0.943. The summed E-state index contributed by atoms with van der Waals surface area (Å²) in [6, 6.07) is 6.94. The zero-order valence-corrected chi connectivity index (χ0v) is 7.16. The van der Waals surface area contributed by atoms with Crippen LogP contribution in [0.4, 0.5) is 10.5 Å². The topological polar surface area (TPSA) is 49.3 Å². The summed E-state index contributed by atoms with van der Waals surface area (Å²) < 4.78 is 0. The van der Waals surface area contributed by atoms with Crippen LogP contribution in [0.15, 0.2) is 24.3 Å². The number of hydrogen-bond donors (Lipinski definition) is 2. The van der Waals surface area contributed by atoms with Crippen LogP contribution < -0.4 is 5.32 Å². The fourth-order valence-corrected chi connectivity index (χ4v) is 0.943. The largest absolute Gasteiger partial charge is 0.465 e. The van der Waals surface area contributed by atoms with Crippen molar-refractivity contribution in [3.05, 3.63) is 29.8 Å². The first-order chi connectivity index (χ1) is 6.22. The predicted molar refractivity (Wildman–Crippen MR) is 50.6 cm³/mol. The molecule has 66 valence electrons. The standard InChI is InChI=1S/C10H9NO2/c1-2-4-8-5-3-6-9(7-8)11-10(12)13/h3,5-7,11H,1H3,(H,12,13). The van der Waals surface area contributed by atoms with Crippen LogP contribution in [-0.4, -0.2) is 11.2 Å². The molecule has 0 spiro atoms. The lowest BCUT2D eigenvalue weighted by atomic mass is 10.2. The predicted octanol–water partition coefficient (Wildman–Crippen LogP) is 2.15. The summed E-state index contributed by atoms with van der Waals surface area (Å²) in [7, 11) is 0. The van der Waals surface area contributed by atoms with E-state index >= 15 is 0 Å². The van der Waals surface area contributed by atoms with E-state index in [1.807, 2.05) is 6.07 Å². The van der Waals surface area contributed by atoms with Crippen LogP contribution in [-0.2, 0) is 0 Å². The molecular weight excluding hydrogens is 166 g/mol. The molecule has 0 radical (unpaired) electrons. The third-order valence-electron chi connectivity index (χ3n) is 1.38. The van der Waals surface area contributed by atoms with Crippen LogP contribution in [0.2, 0.25) is 0 Å². The van der Waals surface area contributed by atoms with Gasteiger partial charge in [-0.3, -0.25) is 5.32 Å². The zero-order valence-electron chi connectivity index (χ0n) is 7.16. The molecule has 0 bridgehead atoms. The highest BCUT2D eigenvalue weighted by molar-refractivity contribution is 5.83. The fraction of sp³-hybridized carbons (Fsp3) is 0.100. The van der Waals surface area contributed by atoms with Crippen LogP contribution in [0.25, 0.3) is 0 Å². The highest BCUT2D eigenvalue weighted by atomic mass is 16.4. The molecule has 0 saturated heterocycles. The minimum Gasteiger partial charge on any atom is -0.465 e. The quantitative estimate of drug-likeness (QED) is 0.642. The first kappa shape index (κ1) is 9.14. The van der Waals surface area contributed by atoms with Gasteiger partial charge in [0.2, 0.25) is 0 Å². The number of nitrogens with one attached hydrogen (secondary N) is 1. The van der Waals surface area contributed by atoms with E-state index < -0.39 is 6.09 Å². The Bertz CT molecular complexity index is 374. The summed E-state index contributed by atoms with van der Waals surface area (Å²) in [5.74, 6) is 5.58. The molecule has 0 atom stereocenters. The van der Waals surface area contributed by atoms with E-state index in [9.17, 15) is 4.79 Å². The summed E-state index contributed by atoms with van der Waals surface area (Å²) in [5, 5.41) is 10.7. The molecule has 0 fully saturated rings. The summed E-state index contributed by atoms with van der Waals surface area (Å²) in [6.07, 6.45) is -1.07. The van der Waals surface area contributed by atoms with E-state index in [2.05, 4.69) is 17.2 Å². The smallest absolute Gasteiger partial charge is 0.409 e. The van der Waals surface area contributed by atoms with Gasteiger partial charge >= 0.3 is 6.09 Å². The van der Waals surface area contributed by atoms with Gasteiger partial charge < -0.3 is 5.11 Å². The molecule has 1 amide bonds. The Hall–Kier alpha value is -1.95. The van der Waals surface area contributed by atoms with Crippen molar-refractivity contribution in [2.45, 2.75) is 6.92 Å². The van der Waals surface area contributed by atoms with Gasteiger partial charge in [-0.1, -0.05) is 12.0 Å². The van der Waals surface area contributed by atoms with Gasteiger partial charge in [0.25, 0.3) is 0 Å². The second-order valence-electron chi connectivity index (χ2n) is 2.39. The van der Waals surface area contributed by atoms with Crippen LogP contribution >= 0.6 is 0 Å². The maximum absolute atomic E-state index is 10.3. The summed E-state index contributed by atoms with van der Waals surface area (Å²) in [6.45, 7) is 1.73. The van der Waals surface area contributed by atoms with Crippen LogP contribution in [0.3, 0.4) is 0 Å². The maximum atomic E-state index is 10.3. The molecule has 3 nitrogen and oxygen atoms in total. The van der Waals surface area contributed by atoms with Crippen molar-refractivity contribution in [3.63, 3.8) is 0 Å². The molecule has 1 aromatic rings. The van der Waals surface area contributed by atoms with Crippen molar-refractivity contribution < 1.29 is 9.90 Å². The number of anilines is 1. The lowest BCUT2D eigenvalue weighted by molar-refractivity contribution is 0.210. The Morgan fingerprint density at radius 3 is 2.92 bits per heavy atom. The first-order valence-electron chi connectivity index (χ1n) is 3.75. The number of rotatable bonds is 1. The number of carboxylic acid groups (broad SMARTS) is 1. The van der Waals surface area contributed by atoms with Gasteiger partial charge in [0.1, 0.15) is 0 Å². The van der Waals surface area contributed by atoms with E-state index in [1.165, 1.54) is 0 Å². The second kappa shape index (κ2) is 4.17. The van der Waals surface area contributed by atoms with Gasteiger partial charge in [-0.05, 0) is 25.1 Å². The van der Waals surface area contributed by atoms with Gasteiger partial charge in [-0.2, -0.15) is 0 Å². The molecular formula is C10H9NO2. The van der Waals surface area contributed by atoms with Crippen molar-refractivity contribution >= 4 is 11.8 Å². The molecule has 0 aliphatic heterocycles. The van der Waals surface area contributed by atoms with Crippen molar-refractivity contribution in [2.24, 2.45) is 0 Å². The molecule has 13 heavy (non-hydrogen) atoms. The molecule has 0 heterocycles. The third-order valence-corrected chi connectivity index (χ3v) is 1.38. The number of carbonyl (C=O) groups is 1. The van der Waals surface area contributed by atoms with Gasteiger partial charge in [-0.25, -0.2) is 4.79 Å². The zero-order chi connectivity index (χ0) is 9.68. The normalized spacial score (nSPS) is 8.38. The van der Waals surface area contributed by atoms with Gasteiger partial charge in [-0.15, -0.1) is 5.92 Å². The summed E-state index contributed by atoms with van der Waals surface area (Å²) in [5.41, 5.74) is 1.33. The molecule has 0 aliphatic rings. The Morgan fingerprint density at radius 2 is 2.31 bits per heavy atom. The molecule has 0 saturated carbocycles. The van der Waals surface area contributed by atoms with Crippen LogP contribution in [0.1, 0.15) is 12.5 Å². The second-order valence-corrected chi connectivity index (χ2v) is 2.39. The molecule has 2 N–H and O–H groups in total. The summed E-state index contributed by atoms with van der Waals surface area (Å²) in [4.78, 5) is 10.3. The highest BCUT2D eigenvalue weighted by Crippen LogP contribution is 2.09. The van der Waals surface area contributed by atoms with Crippen LogP contribution in [0.5, 0.6) is 0 Å². The number of amides is 1. The number of benzene rings is 1. The molecule has 3 heteroatoms. The number of hydrogen-bond acceptors (Lipinski definition) is 1. The van der Waals surface area contributed by atoms with Crippen molar-refractivity contribution in [1.82, 2.24) is 0 Å². The Labute approximate surface area is 76.4 Å². The Morgan fingerprint density at radius 1 is 1.54 bits per heavy atom. The van der Waals surface area contributed by atoms with Gasteiger partial charge in [0.05, 0.1) is 0 Å². The van der Waals surface area contributed by atoms with Gasteiger partial charge in [0, 0.05) is 11.3 Å². The molecule has 0 aliphatic carbocycles. The Kier molecular flexibility index (Phi) is 2.93. The first-order valence-corrected chi connectivity index (χ1v) is 3.75. The van der Waals surface area contributed by atoms with E-state index in [4.69, 9.17) is 5.11 Å². The minimum absolute atomic E-state index is 0.535. The minimum atomic E-state index is -1.07.